The summed E-state index contributed by atoms with van der Waals surface area (Å²) in [6, 6.07) is 8.00. The summed E-state index contributed by atoms with van der Waals surface area (Å²) < 4.78 is 5.26. The fourth-order valence-corrected chi connectivity index (χ4v) is 2.66. The first-order chi connectivity index (χ1) is 10.3. The summed E-state index contributed by atoms with van der Waals surface area (Å²) in [4.78, 5) is 14.0. The molecule has 0 radical (unpaired) electrons. The maximum absolute atomic E-state index is 11.7. The predicted octanol–water partition coefficient (Wildman–Crippen LogP) is 3.01. The number of carbonyl (C=O) groups is 1. The van der Waals surface area contributed by atoms with Crippen molar-refractivity contribution >= 4 is 17.5 Å². The molecule has 1 heterocycles. The third-order valence-corrected chi connectivity index (χ3v) is 3.78. The minimum Gasteiger partial charge on any atom is -0.444 e. The molecule has 3 N–H and O–H groups in total. The number of nitrogens with one attached hydrogen (secondary N) is 1. The molecular formula is C17H27N3O2. The lowest BCUT2D eigenvalue weighted by Crippen LogP contribution is -2.40. The number of alkyl carbamates (subject to hydrolysis) is 1. The van der Waals surface area contributed by atoms with Gasteiger partial charge in [-0.3, -0.25) is 0 Å². The molecule has 1 aliphatic rings. The van der Waals surface area contributed by atoms with E-state index in [9.17, 15) is 4.79 Å². The van der Waals surface area contributed by atoms with E-state index in [4.69, 9.17) is 10.5 Å². The van der Waals surface area contributed by atoms with E-state index >= 15 is 0 Å². The third-order valence-electron chi connectivity index (χ3n) is 3.78. The van der Waals surface area contributed by atoms with Crippen LogP contribution in [0.25, 0.3) is 0 Å². The van der Waals surface area contributed by atoms with Crippen LogP contribution in [0.15, 0.2) is 24.3 Å². The van der Waals surface area contributed by atoms with Gasteiger partial charge >= 0.3 is 6.09 Å². The van der Waals surface area contributed by atoms with Crippen molar-refractivity contribution in [3.05, 3.63) is 24.3 Å². The fourth-order valence-electron chi connectivity index (χ4n) is 2.66. The van der Waals surface area contributed by atoms with Crippen LogP contribution >= 0.6 is 0 Å². The largest absolute Gasteiger partial charge is 0.444 e. The Morgan fingerprint density at radius 1 is 1.36 bits per heavy atom. The van der Waals surface area contributed by atoms with E-state index in [2.05, 4.69) is 16.3 Å². The van der Waals surface area contributed by atoms with Gasteiger partial charge in [0.2, 0.25) is 0 Å². The van der Waals surface area contributed by atoms with Crippen molar-refractivity contribution in [2.45, 2.75) is 39.2 Å². The maximum Gasteiger partial charge on any atom is 0.407 e. The normalized spacial score (nSPS) is 16.4. The Labute approximate surface area is 132 Å². The lowest BCUT2D eigenvalue weighted by atomic mass is 9.96. The number of benzene rings is 1. The quantitative estimate of drug-likeness (QED) is 0.842. The number of carbonyl (C=O) groups excluding carboxylic acids is 1. The summed E-state index contributed by atoms with van der Waals surface area (Å²) in [6.45, 7) is 8.28. The number of anilines is 2. The monoisotopic (exact) mass is 305 g/mol. The van der Waals surface area contributed by atoms with Crippen LogP contribution in [0.1, 0.15) is 33.6 Å². The van der Waals surface area contributed by atoms with E-state index < -0.39 is 5.60 Å². The molecule has 0 aliphatic carbocycles. The average molecular weight is 305 g/mol. The first kappa shape index (κ1) is 16.5. The molecule has 0 aromatic heterocycles. The summed E-state index contributed by atoms with van der Waals surface area (Å²) in [6.07, 6.45) is 1.79. The van der Waals surface area contributed by atoms with Crippen LogP contribution in [-0.2, 0) is 4.74 Å². The summed E-state index contributed by atoms with van der Waals surface area (Å²) in [5.41, 5.74) is 7.37. The molecule has 1 saturated heterocycles. The van der Waals surface area contributed by atoms with Gasteiger partial charge in [-0.1, -0.05) is 6.07 Å². The minimum atomic E-state index is -0.444. The van der Waals surface area contributed by atoms with Gasteiger partial charge in [-0.25, -0.2) is 4.79 Å². The van der Waals surface area contributed by atoms with Crippen LogP contribution in [0.5, 0.6) is 0 Å². The molecular weight excluding hydrogens is 278 g/mol. The predicted molar refractivity (Wildman–Crippen MR) is 90.0 cm³/mol. The number of rotatable bonds is 3. The molecule has 1 amide bonds. The van der Waals surface area contributed by atoms with Crippen molar-refractivity contribution in [1.29, 1.82) is 0 Å². The number of piperidine rings is 1. The molecule has 1 aromatic rings. The summed E-state index contributed by atoms with van der Waals surface area (Å²) in [5, 5.41) is 2.87. The second-order valence-electron chi connectivity index (χ2n) is 6.91. The lowest BCUT2D eigenvalue weighted by Gasteiger charge is -2.34. The Balaban J connectivity index is 1.74. The van der Waals surface area contributed by atoms with Gasteiger partial charge in [-0.05, 0) is 57.7 Å². The first-order valence-corrected chi connectivity index (χ1v) is 7.91. The molecule has 1 fully saturated rings. The highest BCUT2D eigenvalue weighted by molar-refractivity contribution is 5.67. The Morgan fingerprint density at radius 2 is 2.05 bits per heavy atom. The summed E-state index contributed by atoms with van der Waals surface area (Å²) in [7, 11) is 0. The van der Waals surface area contributed by atoms with Gasteiger partial charge in [0.15, 0.2) is 0 Å². The molecule has 0 spiro atoms. The minimum absolute atomic E-state index is 0.328. The second-order valence-corrected chi connectivity index (χ2v) is 6.91. The van der Waals surface area contributed by atoms with Crippen LogP contribution in [0.3, 0.4) is 0 Å². The number of nitrogen functional groups attached to an aromatic ring is 1. The van der Waals surface area contributed by atoms with Crippen molar-refractivity contribution in [2.75, 3.05) is 30.3 Å². The van der Waals surface area contributed by atoms with Gasteiger partial charge in [0.1, 0.15) is 5.60 Å². The van der Waals surface area contributed by atoms with E-state index in [0.29, 0.717) is 12.5 Å². The van der Waals surface area contributed by atoms with Gasteiger partial charge in [-0.2, -0.15) is 0 Å². The van der Waals surface area contributed by atoms with Gasteiger partial charge in [-0.15, -0.1) is 0 Å². The highest BCUT2D eigenvalue weighted by atomic mass is 16.6. The fraction of sp³-hybridized carbons (Fsp3) is 0.588. The number of amides is 1. The number of hydrogen-bond donors (Lipinski definition) is 2. The van der Waals surface area contributed by atoms with Crippen LogP contribution in [-0.4, -0.2) is 31.3 Å². The zero-order chi connectivity index (χ0) is 16.2. The van der Waals surface area contributed by atoms with Crippen molar-refractivity contribution in [1.82, 2.24) is 5.32 Å². The van der Waals surface area contributed by atoms with Crippen molar-refractivity contribution in [3.63, 3.8) is 0 Å². The number of nitrogens with two attached hydrogens (primary N) is 1. The molecule has 1 aromatic carbocycles. The molecule has 0 unspecified atom stereocenters. The summed E-state index contributed by atoms with van der Waals surface area (Å²) >= 11 is 0. The Hall–Kier alpha value is -1.91. The van der Waals surface area contributed by atoms with Crippen LogP contribution in [0.2, 0.25) is 0 Å². The van der Waals surface area contributed by atoms with E-state index in [1.54, 1.807) is 0 Å². The van der Waals surface area contributed by atoms with Gasteiger partial charge in [0.25, 0.3) is 0 Å². The zero-order valence-electron chi connectivity index (χ0n) is 13.8. The molecule has 0 atom stereocenters. The van der Waals surface area contributed by atoms with E-state index in [1.807, 2.05) is 39.0 Å². The van der Waals surface area contributed by atoms with Crippen molar-refractivity contribution in [3.8, 4) is 0 Å². The van der Waals surface area contributed by atoms with E-state index in [0.717, 1.165) is 31.6 Å². The highest BCUT2D eigenvalue weighted by Gasteiger charge is 2.21. The lowest BCUT2D eigenvalue weighted by molar-refractivity contribution is 0.0517. The Bertz CT molecular complexity index is 503. The van der Waals surface area contributed by atoms with Crippen LogP contribution in [0.4, 0.5) is 16.2 Å². The summed E-state index contributed by atoms with van der Waals surface area (Å²) in [5.74, 6) is 0.504. The number of ether oxygens (including phenoxy) is 1. The van der Waals surface area contributed by atoms with Gasteiger partial charge in [0, 0.05) is 31.0 Å². The molecule has 22 heavy (non-hydrogen) atoms. The molecule has 122 valence electrons. The Kier molecular flexibility index (Phi) is 5.16. The second kappa shape index (κ2) is 6.90. The third kappa shape index (κ3) is 5.13. The first-order valence-electron chi connectivity index (χ1n) is 7.91. The van der Waals surface area contributed by atoms with Crippen molar-refractivity contribution in [2.24, 2.45) is 5.92 Å². The average Bonchev–Trinajstić information content (AvgIpc) is 2.44. The molecule has 5 nitrogen and oxygen atoms in total. The standard InChI is InChI=1S/C17H27N3O2/c1-17(2,3)22-16(21)19-12-13-7-9-20(10-8-13)15-6-4-5-14(18)11-15/h4-6,11,13H,7-10,12,18H2,1-3H3,(H,19,21). The van der Waals surface area contributed by atoms with Crippen LogP contribution in [0, 0.1) is 5.92 Å². The van der Waals surface area contributed by atoms with E-state index in [1.165, 1.54) is 5.69 Å². The van der Waals surface area contributed by atoms with Gasteiger partial charge in [0.05, 0.1) is 0 Å². The van der Waals surface area contributed by atoms with Gasteiger partial charge < -0.3 is 20.7 Å². The number of hydrogen-bond acceptors (Lipinski definition) is 4. The number of nitrogens with zero attached hydrogens (tertiary/aromatic N) is 1. The Morgan fingerprint density at radius 3 is 2.64 bits per heavy atom. The topological polar surface area (TPSA) is 67.6 Å². The highest BCUT2D eigenvalue weighted by Crippen LogP contribution is 2.24. The molecule has 2 rings (SSSR count). The van der Waals surface area contributed by atoms with E-state index in [-0.39, 0.29) is 6.09 Å². The van der Waals surface area contributed by atoms with Crippen molar-refractivity contribution < 1.29 is 9.53 Å². The SMILES string of the molecule is CC(C)(C)OC(=O)NCC1CCN(c2cccc(N)c2)CC1. The zero-order valence-corrected chi connectivity index (χ0v) is 13.8. The molecule has 1 aliphatic heterocycles. The molecule has 0 bridgehead atoms. The van der Waals surface area contributed by atoms with Crippen LogP contribution < -0.4 is 16.0 Å². The maximum atomic E-state index is 11.7. The smallest absolute Gasteiger partial charge is 0.407 e. The molecule has 0 saturated carbocycles. The molecule has 5 heteroatoms.